The van der Waals surface area contributed by atoms with Gasteiger partial charge < -0.3 is 4.90 Å². The number of amides is 1. The zero-order valence-corrected chi connectivity index (χ0v) is 17.0. The summed E-state index contributed by atoms with van der Waals surface area (Å²) in [7, 11) is 0. The molecule has 0 N–H and O–H groups in total. The van der Waals surface area contributed by atoms with Crippen LogP contribution < -0.4 is 0 Å². The maximum atomic E-state index is 13.6. The number of pyridine rings is 1. The van der Waals surface area contributed by atoms with Crippen LogP contribution in [-0.2, 0) is 6.54 Å². The van der Waals surface area contributed by atoms with Gasteiger partial charge in [-0.1, -0.05) is 24.3 Å². The number of aromatic nitrogens is 5. The lowest BCUT2D eigenvalue weighted by Crippen LogP contribution is -2.32. The van der Waals surface area contributed by atoms with E-state index in [0.717, 1.165) is 29.8 Å². The van der Waals surface area contributed by atoms with Crippen LogP contribution >= 0.6 is 0 Å². The molecule has 1 aromatic carbocycles. The Morgan fingerprint density at radius 2 is 1.87 bits per heavy atom. The second-order valence-electron chi connectivity index (χ2n) is 7.54. The van der Waals surface area contributed by atoms with Crippen molar-refractivity contribution in [3.8, 4) is 11.5 Å². The van der Waals surface area contributed by atoms with Gasteiger partial charge in [0, 0.05) is 36.9 Å². The van der Waals surface area contributed by atoms with Gasteiger partial charge in [-0.3, -0.25) is 14.5 Å². The summed E-state index contributed by atoms with van der Waals surface area (Å²) in [5, 5.41) is 4.28. The zero-order chi connectivity index (χ0) is 21.0. The molecule has 31 heavy (non-hydrogen) atoms. The molecule has 1 aliphatic heterocycles. The number of hydrogen-bond donors (Lipinski definition) is 0. The second-order valence-corrected chi connectivity index (χ2v) is 7.54. The molecule has 7 nitrogen and oxygen atoms in total. The fourth-order valence-electron chi connectivity index (χ4n) is 4.08. The van der Waals surface area contributed by atoms with Crippen LogP contribution in [0.5, 0.6) is 0 Å². The van der Waals surface area contributed by atoms with E-state index in [1.165, 1.54) is 0 Å². The van der Waals surface area contributed by atoms with Gasteiger partial charge in [-0.05, 0) is 48.7 Å². The molecule has 154 valence electrons. The number of benzene rings is 1. The highest BCUT2D eigenvalue weighted by atomic mass is 16.2. The minimum Gasteiger partial charge on any atom is -0.330 e. The summed E-state index contributed by atoms with van der Waals surface area (Å²) in [5.74, 6) is 0.611. The molecule has 1 saturated heterocycles. The summed E-state index contributed by atoms with van der Waals surface area (Å²) >= 11 is 0. The van der Waals surface area contributed by atoms with E-state index in [9.17, 15) is 4.79 Å². The highest BCUT2D eigenvalue weighted by Gasteiger charge is 2.32. The molecule has 0 aliphatic carbocycles. The molecule has 1 amide bonds. The van der Waals surface area contributed by atoms with E-state index in [1.54, 1.807) is 18.6 Å². The summed E-state index contributed by atoms with van der Waals surface area (Å²) < 4.78 is 1.83. The van der Waals surface area contributed by atoms with Crippen molar-refractivity contribution in [3.63, 3.8) is 0 Å². The Hall–Kier alpha value is -3.87. The molecule has 1 atom stereocenters. The van der Waals surface area contributed by atoms with Gasteiger partial charge in [0.15, 0.2) is 5.82 Å². The van der Waals surface area contributed by atoms with Crippen molar-refractivity contribution in [2.45, 2.75) is 25.4 Å². The summed E-state index contributed by atoms with van der Waals surface area (Å²) in [5.41, 5.74) is 3.25. The molecule has 4 aromatic rings. The largest absolute Gasteiger partial charge is 0.330 e. The van der Waals surface area contributed by atoms with Crippen molar-refractivity contribution in [1.29, 1.82) is 0 Å². The monoisotopic (exact) mass is 410 g/mol. The van der Waals surface area contributed by atoms with Gasteiger partial charge in [0.1, 0.15) is 5.69 Å². The van der Waals surface area contributed by atoms with Crippen LogP contribution in [0.4, 0.5) is 0 Å². The van der Waals surface area contributed by atoms with Crippen LogP contribution in [0.25, 0.3) is 11.5 Å². The summed E-state index contributed by atoms with van der Waals surface area (Å²) in [6, 6.07) is 17.1. The summed E-state index contributed by atoms with van der Waals surface area (Å²) in [6.45, 7) is 1.27. The Bertz CT molecular complexity index is 1180. The van der Waals surface area contributed by atoms with Crippen molar-refractivity contribution in [2.75, 3.05) is 6.54 Å². The van der Waals surface area contributed by atoms with Crippen molar-refractivity contribution < 1.29 is 4.79 Å². The lowest BCUT2D eigenvalue weighted by atomic mass is 10.0. The Labute approximate surface area is 180 Å². The van der Waals surface area contributed by atoms with Crippen LogP contribution in [0.3, 0.4) is 0 Å². The highest BCUT2D eigenvalue weighted by Crippen LogP contribution is 2.33. The van der Waals surface area contributed by atoms with E-state index >= 15 is 0 Å². The third kappa shape index (κ3) is 3.94. The predicted molar refractivity (Wildman–Crippen MR) is 116 cm³/mol. The molecule has 0 spiro atoms. The van der Waals surface area contributed by atoms with E-state index in [4.69, 9.17) is 4.98 Å². The SMILES string of the molecule is O=C(c1ccccc1Cn1cccn1)N1CCC[C@H]1c1ccnc(-c2ccccn2)n1. The maximum Gasteiger partial charge on any atom is 0.254 e. The summed E-state index contributed by atoms with van der Waals surface area (Å²) in [6.07, 6.45) is 8.95. The lowest BCUT2D eigenvalue weighted by Gasteiger charge is -2.25. The van der Waals surface area contributed by atoms with Gasteiger partial charge in [0.2, 0.25) is 0 Å². The zero-order valence-electron chi connectivity index (χ0n) is 17.0. The Morgan fingerprint density at radius 1 is 0.968 bits per heavy atom. The van der Waals surface area contributed by atoms with E-state index < -0.39 is 0 Å². The molecule has 0 saturated carbocycles. The number of carbonyl (C=O) groups excluding carboxylic acids is 1. The fraction of sp³-hybridized carbons (Fsp3) is 0.208. The van der Waals surface area contributed by atoms with Crippen molar-refractivity contribution in [1.82, 2.24) is 29.6 Å². The first-order valence-electron chi connectivity index (χ1n) is 10.4. The predicted octanol–water partition coefficient (Wildman–Crippen LogP) is 3.76. The number of likely N-dealkylation sites (tertiary alicyclic amines) is 1. The molecular formula is C24H22N6O. The lowest BCUT2D eigenvalue weighted by molar-refractivity contribution is 0.0731. The molecule has 1 aliphatic rings. The topological polar surface area (TPSA) is 76.8 Å². The summed E-state index contributed by atoms with van der Waals surface area (Å²) in [4.78, 5) is 29.0. The fourth-order valence-corrected chi connectivity index (χ4v) is 4.08. The van der Waals surface area contributed by atoms with Gasteiger partial charge in [-0.15, -0.1) is 0 Å². The first-order valence-corrected chi connectivity index (χ1v) is 10.4. The maximum absolute atomic E-state index is 13.6. The Morgan fingerprint density at radius 3 is 2.71 bits per heavy atom. The normalized spacial score (nSPS) is 15.9. The first kappa shape index (κ1) is 19.1. The first-order chi connectivity index (χ1) is 15.3. The van der Waals surface area contributed by atoms with Crippen LogP contribution in [0.15, 0.2) is 79.4 Å². The van der Waals surface area contributed by atoms with Crippen molar-refractivity contribution in [3.05, 3.63) is 96.2 Å². The van der Waals surface area contributed by atoms with E-state index in [-0.39, 0.29) is 11.9 Å². The smallest absolute Gasteiger partial charge is 0.254 e. The average Bonchev–Trinajstić information content (AvgIpc) is 3.52. The van der Waals surface area contributed by atoms with E-state index in [2.05, 4.69) is 15.1 Å². The molecule has 0 bridgehead atoms. The third-order valence-electron chi connectivity index (χ3n) is 5.57. The van der Waals surface area contributed by atoms with Gasteiger partial charge in [-0.25, -0.2) is 9.97 Å². The molecule has 7 heteroatoms. The van der Waals surface area contributed by atoms with Gasteiger partial charge in [0.05, 0.1) is 18.3 Å². The Kier molecular flexibility index (Phi) is 5.22. The molecule has 5 rings (SSSR count). The van der Waals surface area contributed by atoms with E-state index in [1.807, 2.05) is 70.4 Å². The molecule has 4 heterocycles. The van der Waals surface area contributed by atoms with Crippen molar-refractivity contribution in [2.24, 2.45) is 0 Å². The third-order valence-corrected chi connectivity index (χ3v) is 5.57. The van der Waals surface area contributed by atoms with Gasteiger partial charge >= 0.3 is 0 Å². The number of rotatable bonds is 5. The van der Waals surface area contributed by atoms with E-state index in [0.29, 0.717) is 24.5 Å². The van der Waals surface area contributed by atoms with Crippen LogP contribution in [-0.4, -0.2) is 42.1 Å². The standard InChI is InChI=1S/C24H22N6O/c31-24(19-8-2-1-7-18(19)17-29-15-6-13-27-29)30-16-5-10-22(30)20-11-14-26-23(28-20)21-9-3-4-12-25-21/h1-4,6-9,11-15,22H,5,10,16-17H2/t22-/m0/s1. The second kappa shape index (κ2) is 8.47. The van der Waals surface area contributed by atoms with Crippen LogP contribution in [0, 0.1) is 0 Å². The number of hydrogen-bond acceptors (Lipinski definition) is 5. The Balaban J connectivity index is 1.43. The van der Waals surface area contributed by atoms with Gasteiger partial charge in [0.25, 0.3) is 5.91 Å². The van der Waals surface area contributed by atoms with Crippen molar-refractivity contribution >= 4 is 5.91 Å². The molecule has 1 fully saturated rings. The molecule has 3 aromatic heterocycles. The quantitative estimate of drug-likeness (QED) is 0.501. The highest BCUT2D eigenvalue weighted by molar-refractivity contribution is 5.96. The number of nitrogens with zero attached hydrogens (tertiary/aromatic N) is 6. The minimum atomic E-state index is -0.0734. The molecular weight excluding hydrogens is 388 g/mol. The minimum absolute atomic E-state index is 0.0308. The molecule has 0 radical (unpaired) electrons. The number of carbonyl (C=O) groups is 1. The van der Waals surface area contributed by atoms with Crippen LogP contribution in [0.1, 0.15) is 40.5 Å². The van der Waals surface area contributed by atoms with Gasteiger partial charge in [-0.2, -0.15) is 5.10 Å². The average molecular weight is 410 g/mol. The molecule has 0 unspecified atom stereocenters. The van der Waals surface area contributed by atoms with Crippen LogP contribution in [0.2, 0.25) is 0 Å².